The maximum atomic E-state index is 12.4. The molecular formula is C18H19N3O3. The van der Waals surface area contributed by atoms with Crippen LogP contribution in [0.4, 0.5) is 11.5 Å². The normalized spacial score (nSPS) is 16.3. The summed E-state index contributed by atoms with van der Waals surface area (Å²) in [5.74, 6) is 0.847. The van der Waals surface area contributed by atoms with E-state index in [0.717, 1.165) is 5.56 Å². The number of aromatic nitrogens is 1. The minimum absolute atomic E-state index is 0.143. The quantitative estimate of drug-likeness (QED) is 0.937. The molecule has 0 aliphatic carbocycles. The number of fused-ring (bicyclic) bond motifs is 1. The molecular weight excluding hydrogens is 306 g/mol. The van der Waals surface area contributed by atoms with Crippen LogP contribution in [0.25, 0.3) is 0 Å². The van der Waals surface area contributed by atoms with Gasteiger partial charge in [0.2, 0.25) is 5.91 Å². The van der Waals surface area contributed by atoms with Gasteiger partial charge in [0, 0.05) is 19.2 Å². The fourth-order valence-electron chi connectivity index (χ4n) is 2.61. The number of hydrogen-bond acceptors (Lipinski definition) is 4. The molecule has 124 valence electrons. The number of ether oxygens (including phenoxy) is 1. The van der Waals surface area contributed by atoms with Crippen LogP contribution in [-0.2, 0) is 9.59 Å². The molecule has 0 fully saturated rings. The summed E-state index contributed by atoms with van der Waals surface area (Å²) in [7, 11) is 0. The zero-order valence-electron chi connectivity index (χ0n) is 13.7. The number of benzene rings is 1. The molecule has 6 heteroatoms. The lowest BCUT2D eigenvalue weighted by Crippen LogP contribution is -2.45. The lowest BCUT2D eigenvalue weighted by Gasteiger charge is -2.32. The molecule has 1 aromatic carbocycles. The van der Waals surface area contributed by atoms with Crippen molar-refractivity contribution >= 4 is 23.3 Å². The first kappa shape index (κ1) is 16.0. The number of anilines is 2. The van der Waals surface area contributed by atoms with Crippen molar-refractivity contribution < 1.29 is 14.3 Å². The van der Waals surface area contributed by atoms with Gasteiger partial charge >= 0.3 is 0 Å². The van der Waals surface area contributed by atoms with Crippen LogP contribution in [0.1, 0.15) is 18.9 Å². The molecule has 6 nitrogen and oxygen atoms in total. The average Bonchev–Trinajstić information content (AvgIpc) is 2.55. The van der Waals surface area contributed by atoms with Gasteiger partial charge in [0.05, 0.1) is 5.69 Å². The molecule has 0 saturated carbocycles. The van der Waals surface area contributed by atoms with Gasteiger partial charge in [0.15, 0.2) is 6.10 Å². The Labute approximate surface area is 140 Å². The first-order chi connectivity index (χ1) is 11.5. The van der Waals surface area contributed by atoms with Gasteiger partial charge in [-0.05, 0) is 43.7 Å². The summed E-state index contributed by atoms with van der Waals surface area (Å²) in [6, 6.07) is 11.0. The molecule has 0 saturated heterocycles. The topological polar surface area (TPSA) is 71.5 Å². The molecule has 2 aromatic rings. The van der Waals surface area contributed by atoms with Gasteiger partial charge in [0.25, 0.3) is 5.91 Å². The largest absolute Gasteiger partial charge is 0.479 e. The minimum atomic E-state index is -0.554. The molecule has 2 heterocycles. The SMILES string of the molecule is Cc1ccnc(NC(=O)CCN2C(=O)[C@@H](C)Oc3ccccc32)c1. The monoisotopic (exact) mass is 325 g/mol. The predicted molar refractivity (Wildman–Crippen MR) is 91.1 cm³/mol. The summed E-state index contributed by atoms with van der Waals surface area (Å²) in [5.41, 5.74) is 1.72. The third kappa shape index (κ3) is 3.37. The number of para-hydroxylation sites is 2. The second-order valence-electron chi connectivity index (χ2n) is 5.73. The number of aryl methyl sites for hydroxylation is 1. The fourth-order valence-corrected chi connectivity index (χ4v) is 2.61. The van der Waals surface area contributed by atoms with Crippen molar-refractivity contribution in [2.24, 2.45) is 0 Å². The third-order valence-corrected chi connectivity index (χ3v) is 3.82. The second kappa shape index (κ2) is 6.70. The number of nitrogens with one attached hydrogen (secondary N) is 1. The van der Waals surface area contributed by atoms with Crippen LogP contribution in [0.15, 0.2) is 42.6 Å². The summed E-state index contributed by atoms with van der Waals surface area (Å²) < 4.78 is 5.59. The number of nitrogens with zero attached hydrogens (tertiary/aromatic N) is 2. The lowest BCUT2D eigenvalue weighted by atomic mass is 10.1. The number of hydrogen-bond donors (Lipinski definition) is 1. The van der Waals surface area contributed by atoms with Crippen molar-refractivity contribution in [3.63, 3.8) is 0 Å². The van der Waals surface area contributed by atoms with E-state index in [0.29, 0.717) is 23.8 Å². The zero-order chi connectivity index (χ0) is 17.1. The van der Waals surface area contributed by atoms with Gasteiger partial charge in [-0.2, -0.15) is 0 Å². The molecule has 0 radical (unpaired) electrons. The van der Waals surface area contributed by atoms with Crippen molar-refractivity contribution in [2.75, 3.05) is 16.8 Å². The van der Waals surface area contributed by atoms with E-state index in [1.807, 2.05) is 37.3 Å². The molecule has 1 N–H and O–H groups in total. The maximum absolute atomic E-state index is 12.4. The summed E-state index contributed by atoms with van der Waals surface area (Å²) in [6.45, 7) is 3.94. The predicted octanol–water partition coefficient (Wildman–Crippen LogP) is 2.53. The molecule has 24 heavy (non-hydrogen) atoms. The van der Waals surface area contributed by atoms with E-state index >= 15 is 0 Å². The second-order valence-corrected chi connectivity index (χ2v) is 5.73. The van der Waals surface area contributed by atoms with Crippen LogP contribution >= 0.6 is 0 Å². The molecule has 3 rings (SSSR count). The van der Waals surface area contributed by atoms with Crippen molar-refractivity contribution in [3.8, 4) is 5.75 Å². The van der Waals surface area contributed by atoms with Gasteiger partial charge in [-0.3, -0.25) is 9.59 Å². The Morgan fingerprint density at radius 3 is 2.92 bits per heavy atom. The van der Waals surface area contributed by atoms with E-state index in [4.69, 9.17) is 4.74 Å². The van der Waals surface area contributed by atoms with Crippen molar-refractivity contribution in [2.45, 2.75) is 26.4 Å². The number of carbonyl (C=O) groups excluding carboxylic acids is 2. The van der Waals surface area contributed by atoms with Gasteiger partial charge in [-0.25, -0.2) is 4.98 Å². The van der Waals surface area contributed by atoms with Crippen molar-refractivity contribution in [3.05, 3.63) is 48.2 Å². The van der Waals surface area contributed by atoms with Gasteiger partial charge in [-0.1, -0.05) is 12.1 Å². The Kier molecular flexibility index (Phi) is 4.46. The molecule has 1 aliphatic rings. The van der Waals surface area contributed by atoms with Gasteiger partial charge in [-0.15, -0.1) is 0 Å². The van der Waals surface area contributed by atoms with Gasteiger partial charge < -0.3 is 15.0 Å². The minimum Gasteiger partial charge on any atom is -0.479 e. The van der Waals surface area contributed by atoms with E-state index in [1.54, 1.807) is 24.1 Å². The number of amides is 2. The maximum Gasteiger partial charge on any atom is 0.267 e. The Morgan fingerprint density at radius 2 is 2.12 bits per heavy atom. The summed E-state index contributed by atoms with van der Waals surface area (Å²) in [6.07, 6.45) is 1.28. The lowest BCUT2D eigenvalue weighted by molar-refractivity contribution is -0.125. The number of pyridine rings is 1. The first-order valence-electron chi connectivity index (χ1n) is 7.84. The van der Waals surface area contributed by atoms with Crippen LogP contribution in [0.2, 0.25) is 0 Å². The summed E-state index contributed by atoms with van der Waals surface area (Å²) in [4.78, 5) is 30.2. The number of carbonyl (C=O) groups is 2. The summed E-state index contributed by atoms with van der Waals surface area (Å²) in [5, 5.41) is 2.75. The Hall–Kier alpha value is -2.89. The Balaban J connectivity index is 1.67. The molecule has 1 aliphatic heterocycles. The van der Waals surface area contributed by atoms with Gasteiger partial charge in [0.1, 0.15) is 11.6 Å². The molecule has 0 spiro atoms. The first-order valence-corrected chi connectivity index (χ1v) is 7.84. The Morgan fingerprint density at radius 1 is 1.33 bits per heavy atom. The molecule has 0 bridgehead atoms. The fraction of sp³-hybridized carbons (Fsp3) is 0.278. The standard InChI is InChI=1S/C18H19N3O3/c1-12-7-9-19-16(11-12)20-17(22)8-10-21-14-5-3-4-6-15(14)24-13(2)18(21)23/h3-7,9,11,13H,8,10H2,1-2H3,(H,19,20,22)/t13-/m1/s1. The highest BCUT2D eigenvalue weighted by Crippen LogP contribution is 2.33. The van der Waals surface area contributed by atoms with Crippen molar-refractivity contribution in [1.82, 2.24) is 4.98 Å². The van der Waals surface area contributed by atoms with Crippen LogP contribution in [0, 0.1) is 6.92 Å². The van der Waals surface area contributed by atoms with E-state index < -0.39 is 6.10 Å². The van der Waals surface area contributed by atoms with Crippen LogP contribution in [0.5, 0.6) is 5.75 Å². The smallest absolute Gasteiger partial charge is 0.267 e. The third-order valence-electron chi connectivity index (χ3n) is 3.82. The molecule has 1 aromatic heterocycles. The highest BCUT2D eigenvalue weighted by Gasteiger charge is 2.31. The van der Waals surface area contributed by atoms with Crippen molar-refractivity contribution in [1.29, 1.82) is 0 Å². The number of rotatable bonds is 4. The zero-order valence-corrected chi connectivity index (χ0v) is 13.7. The van der Waals surface area contributed by atoms with E-state index in [1.165, 1.54) is 0 Å². The average molecular weight is 325 g/mol. The van der Waals surface area contributed by atoms with E-state index in [2.05, 4.69) is 10.3 Å². The van der Waals surface area contributed by atoms with Crippen LogP contribution < -0.4 is 15.0 Å². The Bertz CT molecular complexity index is 776. The van der Waals surface area contributed by atoms with Crippen LogP contribution in [-0.4, -0.2) is 29.4 Å². The summed E-state index contributed by atoms with van der Waals surface area (Å²) >= 11 is 0. The van der Waals surface area contributed by atoms with E-state index in [-0.39, 0.29) is 18.2 Å². The van der Waals surface area contributed by atoms with Crippen LogP contribution in [0.3, 0.4) is 0 Å². The molecule has 0 unspecified atom stereocenters. The molecule has 1 atom stereocenters. The molecule has 2 amide bonds. The van der Waals surface area contributed by atoms with E-state index in [9.17, 15) is 9.59 Å². The highest BCUT2D eigenvalue weighted by molar-refractivity contribution is 6.00. The highest BCUT2D eigenvalue weighted by atomic mass is 16.5.